The van der Waals surface area contributed by atoms with Crippen molar-refractivity contribution in [1.82, 2.24) is 4.57 Å². The minimum absolute atomic E-state index is 0.655. The van der Waals surface area contributed by atoms with Crippen molar-refractivity contribution in [2.24, 2.45) is 0 Å². The largest absolute Gasteiger partial charge is 0.494 e. The molecule has 0 saturated carbocycles. The van der Waals surface area contributed by atoms with E-state index in [2.05, 4.69) is 16.7 Å². The fourth-order valence-corrected chi connectivity index (χ4v) is 2.96. The Kier molecular flexibility index (Phi) is 3.60. The zero-order valence-electron chi connectivity index (χ0n) is 13.1. The zero-order valence-corrected chi connectivity index (χ0v) is 13.1. The van der Waals surface area contributed by atoms with Crippen molar-refractivity contribution < 1.29 is 4.74 Å². The molecule has 0 atom stereocenters. The van der Waals surface area contributed by atoms with Crippen molar-refractivity contribution in [3.05, 3.63) is 59.3 Å². The SMILES string of the molecule is CCOc1ccc(-n2c(C)c(C#N)c3c(C)cccc32)cc1. The molecular weight excluding hydrogens is 272 g/mol. The molecule has 1 heterocycles. The highest BCUT2D eigenvalue weighted by Crippen LogP contribution is 2.31. The summed E-state index contributed by atoms with van der Waals surface area (Å²) in [5.74, 6) is 0.858. The average Bonchev–Trinajstić information content (AvgIpc) is 2.81. The molecule has 0 N–H and O–H groups in total. The van der Waals surface area contributed by atoms with Crippen LogP contribution in [0, 0.1) is 25.2 Å². The van der Waals surface area contributed by atoms with Crippen molar-refractivity contribution in [2.75, 3.05) is 6.61 Å². The normalized spacial score (nSPS) is 10.6. The Bertz CT molecular complexity index is 867. The van der Waals surface area contributed by atoms with Gasteiger partial charge in [-0.25, -0.2) is 0 Å². The molecule has 0 unspecified atom stereocenters. The monoisotopic (exact) mass is 290 g/mol. The first-order chi connectivity index (χ1) is 10.7. The first kappa shape index (κ1) is 14.2. The summed E-state index contributed by atoms with van der Waals surface area (Å²) < 4.78 is 7.63. The number of benzene rings is 2. The van der Waals surface area contributed by atoms with Gasteiger partial charge in [0.1, 0.15) is 11.8 Å². The summed E-state index contributed by atoms with van der Waals surface area (Å²) >= 11 is 0. The van der Waals surface area contributed by atoms with E-state index in [4.69, 9.17) is 4.74 Å². The van der Waals surface area contributed by atoms with Gasteiger partial charge in [-0.05, 0) is 56.7 Å². The van der Waals surface area contributed by atoms with Crippen LogP contribution < -0.4 is 4.74 Å². The predicted octanol–water partition coefficient (Wildman–Crippen LogP) is 4.52. The molecule has 0 aliphatic rings. The molecule has 3 rings (SSSR count). The predicted molar refractivity (Wildman–Crippen MR) is 88.6 cm³/mol. The summed E-state index contributed by atoms with van der Waals surface area (Å²) in [7, 11) is 0. The van der Waals surface area contributed by atoms with Gasteiger partial charge in [0.15, 0.2) is 0 Å². The smallest absolute Gasteiger partial charge is 0.119 e. The standard InChI is InChI=1S/C19H18N2O/c1-4-22-16-10-8-15(9-11-16)21-14(3)17(12-20)19-13(2)6-5-7-18(19)21/h5-11H,4H2,1-3H3. The lowest BCUT2D eigenvalue weighted by Crippen LogP contribution is -1.97. The van der Waals surface area contributed by atoms with Crippen molar-refractivity contribution in [3.63, 3.8) is 0 Å². The van der Waals surface area contributed by atoms with Crippen molar-refractivity contribution >= 4 is 10.9 Å². The quantitative estimate of drug-likeness (QED) is 0.711. The summed E-state index contributed by atoms with van der Waals surface area (Å²) in [6.07, 6.45) is 0. The molecule has 0 spiro atoms. The van der Waals surface area contributed by atoms with Crippen LogP contribution >= 0.6 is 0 Å². The minimum Gasteiger partial charge on any atom is -0.494 e. The molecule has 3 heteroatoms. The molecule has 110 valence electrons. The zero-order chi connectivity index (χ0) is 15.7. The number of rotatable bonds is 3. The van der Waals surface area contributed by atoms with Gasteiger partial charge in [0.2, 0.25) is 0 Å². The molecule has 0 saturated heterocycles. The first-order valence-electron chi connectivity index (χ1n) is 7.41. The lowest BCUT2D eigenvalue weighted by Gasteiger charge is -2.10. The molecule has 1 aromatic heterocycles. The first-order valence-corrected chi connectivity index (χ1v) is 7.41. The number of ether oxygens (including phenoxy) is 1. The Morgan fingerprint density at radius 1 is 1.09 bits per heavy atom. The molecule has 3 nitrogen and oxygen atoms in total. The maximum Gasteiger partial charge on any atom is 0.119 e. The number of nitriles is 1. The van der Waals surface area contributed by atoms with Crippen LogP contribution in [-0.4, -0.2) is 11.2 Å². The van der Waals surface area contributed by atoms with E-state index >= 15 is 0 Å². The number of hydrogen-bond donors (Lipinski definition) is 0. The second kappa shape index (κ2) is 5.57. The molecule has 0 fully saturated rings. The third-order valence-electron chi connectivity index (χ3n) is 3.96. The van der Waals surface area contributed by atoms with Crippen LogP contribution in [0.1, 0.15) is 23.7 Å². The maximum atomic E-state index is 9.53. The van der Waals surface area contributed by atoms with E-state index < -0.39 is 0 Å². The van der Waals surface area contributed by atoms with Crippen LogP contribution in [0.25, 0.3) is 16.6 Å². The van der Waals surface area contributed by atoms with Gasteiger partial charge in [0, 0.05) is 16.8 Å². The van der Waals surface area contributed by atoms with Crippen molar-refractivity contribution in [3.8, 4) is 17.5 Å². The van der Waals surface area contributed by atoms with Crippen LogP contribution in [-0.2, 0) is 0 Å². The van der Waals surface area contributed by atoms with E-state index in [0.717, 1.165) is 39.2 Å². The molecular formula is C19H18N2O. The molecule has 22 heavy (non-hydrogen) atoms. The van der Waals surface area contributed by atoms with Gasteiger partial charge in [-0.3, -0.25) is 0 Å². The number of aryl methyl sites for hydroxylation is 1. The van der Waals surface area contributed by atoms with E-state index in [0.29, 0.717) is 6.61 Å². The number of aromatic nitrogens is 1. The van der Waals surface area contributed by atoms with Gasteiger partial charge in [0.05, 0.1) is 17.7 Å². The van der Waals surface area contributed by atoms with Crippen molar-refractivity contribution in [2.45, 2.75) is 20.8 Å². The van der Waals surface area contributed by atoms with Crippen LogP contribution in [0.3, 0.4) is 0 Å². The van der Waals surface area contributed by atoms with Gasteiger partial charge < -0.3 is 9.30 Å². The average molecular weight is 290 g/mol. The molecule has 0 radical (unpaired) electrons. The maximum absolute atomic E-state index is 9.53. The number of nitrogens with zero attached hydrogens (tertiary/aromatic N) is 2. The molecule has 0 amide bonds. The van der Waals surface area contributed by atoms with Gasteiger partial charge in [-0.1, -0.05) is 12.1 Å². The topological polar surface area (TPSA) is 38.0 Å². The fourth-order valence-electron chi connectivity index (χ4n) is 2.96. The third-order valence-corrected chi connectivity index (χ3v) is 3.96. The third kappa shape index (κ3) is 2.14. The summed E-state index contributed by atoms with van der Waals surface area (Å²) in [6.45, 7) is 6.67. The Balaban J connectivity index is 2.25. The van der Waals surface area contributed by atoms with Crippen LogP contribution in [0.2, 0.25) is 0 Å². The van der Waals surface area contributed by atoms with E-state index in [1.807, 2.05) is 57.2 Å². The highest BCUT2D eigenvalue weighted by Gasteiger charge is 2.16. The second-order valence-electron chi connectivity index (χ2n) is 5.30. The summed E-state index contributed by atoms with van der Waals surface area (Å²) in [5.41, 5.74) is 4.95. The highest BCUT2D eigenvalue weighted by molar-refractivity contribution is 5.92. The molecule has 0 bridgehead atoms. The molecule has 0 aliphatic carbocycles. The van der Waals surface area contributed by atoms with E-state index in [1.54, 1.807) is 0 Å². The van der Waals surface area contributed by atoms with Crippen molar-refractivity contribution in [1.29, 1.82) is 5.26 Å². The summed E-state index contributed by atoms with van der Waals surface area (Å²) in [5, 5.41) is 10.6. The summed E-state index contributed by atoms with van der Waals surface area (Å²) in [4.78, 5) is 0. The summed E-state index contributed by atoms with van der Waals surface area (Å²) in [6, 6.07) is 16.5. The molecule has 0 aliphatic heterocycles. The van der Waals surface area contributed by atoms with Gasteiger partial charge >= 0.3 is 0 Å². The Morgan fingerprint density at radius 2 is 1.82 bits per heavy atom. The fraction of sp³-hybridized carbons (Fsp3) is 0.211. The second-order valence-corrected chi connectivity index (χ2v) is 5.30. The van der Waals surface area contributed by atoms with Crippen LogP contribution in [0.5, 0.6) is 5.75 Å². The van der Waals surface area contributed by atoms with Gasteiger partial charge in [-0.15, -0.1) is 0 Å². The highest BCUT2D eigenvalue weighted by atomic mass is 16.5. The molecule has 3 aromatic rings. The van der Waals surface area contributed by atoms with E-state index in [9.17, 15) is 5.26 Å². The van der Waals surface area contributed by atoms with Crippen LogP contribution in [0.15, 0.2) is 42.5 Å². The Morgan fingerprint density at radius 3 is 2.45 bits per heavy atom. The Hall–Kier alpha value is -2.73. The minimum atomic E-state index is 0.655. The van der Waals surface area contributed by atoms with Gasteiger partial charge in [0.25, 0.3) is 0 Å². The van der Waals surface area contributed by atoms with E-state index in [-0.39, 0.29) is 0 Å². The lowest BCUT2D eigenvalue weighted by molar-refractivity contribution is 0.340. The lowest BCUT2D eigenvalue weighted by atomic mass is 10.1. The number of hydrogen-bond acceptors (Lipinski definition) is 2. The van der Waals surface area contributed by atoms with Gasteiger partial charge in [-0.2, -0.15) is 5.26 Å². The van der Waals surface area contributed by atoms with Crippen LogP contribution in [0.4, 0.5) is 0 Å². The Labute approximate surface area is 130 Å². The van der Waals surface area contributed by atoms with E-state index in [1.165, 1.54) is 0 Å². The molecule has 2 aromatic carbocycles. The number of fused-ring (bicyclic) bond motifs is 1.